The molecule has 1 N–H and O–H groups in total. The molecule has 1 aromatic heterocycles. The van der Waals surface area contributed by atoms with Crippen molar-refractivity contribution in [1.82, 2.24) is 10.2 Å². The molecule has 1 amide bonds. The Balaban J connectivity index is 0.00000192. The van der Waals surface area contributed by atoms with E-state index in [1.54, 1.807) is 0 Å². The molecule has 1 aromatic carbocycles. The van der Waals surface area contributed by atoms with Crippen molar-refractivity contribution in [2.24, 2.45) is 0 Å². The summed E-state index contributed by atoms with van der Waals surface area (Å²) in [5, 5.41) is 4.38. The molecule has 0 saturated carbocycles. The van der Waals surface area contributed by atoms with Gasteiger partial charge in [-0.15, -0.1) is 12.4 Å². The number of hydrogen-bond acceptors (Lipinski definition) is 3. The maximum absolute atomic E-state index is 12.8. The fraction of sp³-hybridized carbons (Fsp3) is 0.500. The molecule has 0 bridgehead atoms. The number of carbonyl (C=O) groups excluding carboxylic acids is 1. The summed E-state index contributed by atoms with van der Waals surface area (Å²) in [6.07, 6.45) is 2.00. The van der Waals surface area contributed by atoms with Crippen molar-refractivity contribution in [3.05, 3.63) is 34.6 Å². The average Bonchev–Trinajstić information content (AvgIpc) is 2.89. The second-order valence-electron chi connectivity index (χ2n) is 6.31. The number of aryl methyl sites for hydroxylation is 3. The number of carbonyl (C=O) groups is 1. The van der Waals surface area contributed by atoms with Gasteiger partial charge in [-0.05, 0) is 51.8 Å². The number of furan rings is 1. The van der Waals surface area contributed by atoms with Crippen LogP contribution in [-0.4, -0.2) is 37.0 Å². The molecule has 0 unspecified atom stereocenters. The Morgan fingerprint density at radius 3 is 2.35 bits per heavy atom. The van der Waals surface area contributed by atoms with Crippen LogP contribution in [0, 0.1) is 20.8 Å². The third-order valence-corrected chi connectivity index (χ3v) is 4.87. The second-order valence-corrected chi connectivity index (χ2v) is 6.31. The molecule has 23 heavy (non-hydrogen) atoms. The first-order chi connectivity index (χ1) is 10.5. The summed E-state index contributed by atoms with van der Waals surface area (Å²) in [6, 6.07) is 4.66. The fourth-order valence-corrected chi connectivity index (χ4v) is 3.39. The van der Waals surface area contributed by atoms with Crippen molar-refractivity contribution >= 4 is 29.3 Å². The van der Waals surface area contributed by atoms with Crippen molar-refractivity contribution in [3.8, 4) is 0 Å². The zero-order valence-corrected chi connectivity index (χ0v) is 15.0. The lowest BCUT2D eigenvalue weighted by Gasteiger charge is -2.31. The molecular weight excluding hydrogens is 312 g/mol. The minimum Gasteiger partial charge on any atom is -0.450 e. The van der Waals surface area contributed by atoms with E-state index in [1.807, 2.05) is 31.9 Å². The Kier molecular flexibility index (Phi) is 5.37. The SMILES string of the molecule is CNC1CCN(C(=O)c2oc3c(C)ccc(C)c3c2C)CC1.Cl. The van der Waals surface area contributed by atoms with Crippen LogP contribution in [0.2, 0.25) is 0 Å². The summed E-state index contributed by atoms with van der Waals surface area (Å²) in [4.78, 5) is 14.7. The van der Waals surface area contributed by atoms with Gasteiger partial charge in [0, 0.05) is 30.1 Å². The van der Waals surface area contributed by atoms with Crippen molar-refractivity contribution in [1.29, 1.82) is 0 Å². The van der Waals surface area contributed by atoms with E-state index in [-0.39, 0.29) is 18.3 Å². The van der Waals surface area contributed by atoms with Crippen LogP contribution in [-0.2, 0) is 0 Å². The molecule has 1 aliphatic heterocycles. The molecule has 2 heterocycles. The van der Waals surface area contributed by atoms with Gasteiger partial charge >= 0.3 is 0 Å². The highest BCUT2D eigenvalue weighted by Crippen LogP contribution is 2.31. The predicted molar refractivity (Wildman–Crippen MR) is 95.7 cm³/mol. The van der Waals surface area contributed by atoms with Crippen molar-refractivity contribution in [2.45, 2.75) is 39.7 Å². The zero-order valence-electron chi connectivity index (χ0n) is 14.2. The Bertz CT molecular complexity index is 715. The molecule has 1 aliphatic rings. The lowest BCUT2D eigenvalue weighted by Crippen LogP contribution is -2.44. The Morgan fingerprint density at radius 2 is 1.78 bits per heavy atom. The van der Waals surface area contributed by atoms with E-state index in [1.165, 1.54) is 0 Å². The monoisotopic (exact) mass is 336 g/mol. The second kappa shape index (κ2) is 6.93. The number of benzene rings is 1. The Morgan fingerprint density at radius 1 is 1.17 bits per heavy atom. The average molecular weight is 337 g/mol. The minimum atomic E-state index is 0. The third kappa shape index (κ3) is 3.10. The third-order valence-electron chi connectivity index (χ3n) is 4.87. The lowest BCUT2D eigenvalue weighted by molar-refractivity contribution is 0.0676. The van der Waals surface area contributed by atoms with Gasteiger partial charge in [-0.3, -0.25) is 4.79 Å². The van der Waals surface area contributed by atoms with E-state index in [0.29, 0.717) is 11.8 Å². The molecular formula is C18H25ClN2O2. The van der Waals surface area contributed by atoms with Gasteiger partial charge in [0.05, 0.1) is 0 Å². The highest BCUT2D eigenvalue weighted by Gasteiger charge is 2.27. The number of piperidine rings is 1. The van der Waals surface area contributed by atoms with Crippen molar-refractivity contribution < 1.29 is 9.21 Å². The molecule has 126 valence electrons. The first kappa shape index (κ1) is 17.8. The predicted octanol–water partition coefficient (Wildman–Crippen LogP) is 3.60. The van der Waals surface area contributed by atoms with E-state index < -0.39 is 0 Å². The van der Waals surface area contributed by atoms with Crippen LogP contribution in [0.15, 0.2) is 16.5 Å². The van der Waals surface area contributed by atoms with E-state index in [9.17, 15) is 4.79 Å². The normalized spacial score (nSPS) is 15.7. The number of hydrogen-bond donors (Lipinski definition) is 1. The quantitative estimate of drug-likeness (QED) is 0.911. The summed E-state index contributed by atoms with van der Waals surface area (Å²) in [5.41, 5.74) is 4.06. The standard InChI is InChI=1S/C18H24N2O2.ClH/c1-11-5-6-12(2)16-15(11)13(3)17(22-16)18(21)20-9-7-14(19-4)8-10-20;/h5-6,14,19H,7-10H2,1-4H3;1H. The molecule has 0 atom stereocenters. The number of rotatable bonds is 2. The molecule has 5 heteroatoms. The highest BCUT2D eigenvalue weighted by atomic mass is 35.5. The molecule has 1 saturated heterocycles. The van der Waals surface area contributed by atoms with Crippen LogP contribution in [0.5, 0.6) is 0 Å². The van der Waals surface area contributed by atoms with Crippen LogP contribution in [0.1, 0.15) is 40.1 Å². The van der Waals surface area contributed by atoms with E-state index in [0.717, 1.165) is 53.6 Å². The van der Waals surface area contributed by atoms with Crippen LogP contribution < -0.4 is 5.32 Å². The Hall–Kier alpha value is -1.52. The molecule has 4 nitrogen and oxygen atoms in total. The number of nitrogens with zero attached hydrogens (tertiary/aromatic N) is 1. The van der Waals surface area contributed by atoms with E-state index >= 15 is 0 Å². The highest BCUT2D eigenvalue weighted by molar-refractivity contribution is 6.00. The van der Waals surface area contributed by atoms with Crippen LogP contribution in [0.25, 0.3) is 11.0 Å². The maximum atomic E-state index is 12.8. The fourth-order valence-electron chi connectivity index (χ4n) is 3.39. The first-order valence-electron chi connectivity index (χ1n) is 7.98. The number of nitrogens with one attached hydrogen (secondary N) is 1. The van der Waals surface area contributed by atoms with Gasteiger partial charge in [0.1, 0.15) is 5.58 Å². The van der Waals surface area contributed by atoms with Crippen LogP contribution in [0.3, 0.4) is 0 Å². The van der Waals surface area contributed by atoms with Crippen molar-refractivity contribution in [2.75, 3.05) is 20.1 Å². The van der Waals surface area contributed by atoms with Gasteiger partial charge in [-0.1, -0.05) is 12.1 Å². The maximum Gasteiger partial charge on any atom is 0.289 e. The smallest absolute Gasteiger partial charge is 0.289 e. The summed E-state index contributed by atoms with van der Waals surface area (Å²) in [6.45, 7) is 7.66. The van der Waals surface area contributed by atoms with Crippen molar-refractivity contribution in [3.63, 3.8) is 0 Å². The van der Waals surface area contributed by atoms with E-state index in [2.05, 4.69) is 18.3 Å². The van der Waals surface area contributed by atoms with E-state index in [4.69, 9.17) is 4.42 Å². The topological polar surface area (TPSA) is 45.5 Å². The number of halogens is 1. The number of amides is 1. The summed E-state index contributed by atoms with van der Waals surface area (Å²) in [5.74, 6) is 0.539. The van der Waals surface area contributed by atoms with Gasteiger partial charge in [-0.25, -0.2) is 0 Å². The molecule has 0 aliphatic carbocycles. The van der Waals surface area contributed by atoms with Crippen LogP contribution in [0.4, 0.5) is 0 Å². The first-order valence-corrected chi connectivity index (χ1v) is 7.98. The number of likely N-dealkylation sites (tertiary alicyclic amines) is 1. The summed E-state index contributed by atoms with van der Waals surface area (Å²) >= 11 is 0. The zero-order chi connectivity index (χ0) is 15.9. The Labute approximate surface area is 143 Å². The molecule has 3 rings (SSSR count). The van der Waals surface area contributed by atoms with Gasteiger partial charge in [0.2, 0.25) is 0 Å². The molecule has 1 fully saturated rings. The van der Waals surface area contributed by atoms with Gasteiger partial charge in [-0.2, -0.15) is 0 Å². The summed E-state index contributed by atoms with van der Waals surface area (Å²) < 4.78 is 5.97. The summed E-state index contributed by atoms with van der Waals surface area (Å²) in [7, 11) is 1.98. The molecule has 2 aromatic rings. The number of fused-ring (bicyclic) bond motifs is 1. The van der Waals surface area contributed by atoms with Gasteiger partial charge in [0.25, 0.3) is 5.91 Å². The van der Waals surface area contributed by atoms with Crippen LogP contribution >= 0.6 is 12.4 Å². The lowest BCUT2D eigenvalue weighted by atomic mass is 10.0. The molecule has 0 radical (unpaired) electrons. The minimum absolute atomic E-state index is 0. The van der Waals surface area contributed by atoms with Gasteiger partial charge < -0.3 is 14.6 Å². The largest absolute Gasteiger partial charge is 0.450 e. The van der Waals surface area contributed by atoms with Gasteiger partial charge in [0.15, 0.2) is 5.76 Å². The molecule has 0 spiro atoms.